The zero-order valence-electron chi connectivity index (χ0n) is 10.2. The van der Waals surface area contributed by atoms with E-state index in [-0.39, 0.29) is 12.4 Å². The van der Waals surface area contributed by atoms with Crippen LogP contribution in [0.15, 0.2) is 54.9 Å². The van der Waals surface area contributed by atoms with Crippen LogP contribution in [0.4, 0.5) is 4.39 Å². The molecule has 0 radical (unpaired) electrons. The molecule has 0 saturated carbocycles. The third kappa shape index (κ3) is 2.22. The van der Waals surface area contributed by atoms with Crippen molar-refractivity contribution < 1.29 is 9.50 Å². The molecule has 1 unspecified atom stereocenters. The molecule has 96 valence electrons. The van der Waals surface area contributed by atoms with Crippen molar-refractivity contribution in [3.05, 3.63) is 66.2 Å². The summed E-state index contributed by atoms with van der Waals surface area (Å²) in [6.07, 6.45) is 0.771. The van der Waals surface area contributed by atoms with Gasteiger partial charge in [0.25, 0.3) is 0 Å². The number of rotatable bonds is 3. The topological polar surface area (TPSA) is 38.0 Å². The molecule has 3 nitrogen and oxygen atoms in total. The van der Waals surface area contributed by atoms with Crippen LogP contribution in [0.2, 0.25) is 0 Å². The zero-order valence-corrected chi connectivity index (χ0v) is 10.2. The molecule has 0 fully saturated rings. The van der Waals surface area contributed by atoms with Gasteiger partial charge in [0.2, 0.25) is 0 Å². The molecular weight excluding hydrogens is 243 g/mol. The summed E-state index contributed by atoms with van der Waals surface area (Å²) in [5, 5.41) is 10.1. The predicted molar refractivity (Wildman–Crippen MR) is 71.1 cm³/mol. The molecule has 3 aromatic rings. The summed E-state index contributed by atoms with van der Waals surface area (Å²) >= 11 is 0. The fourth-order valence-corrected chi connectivity index (χ4v) is 2.19. The maximum Gasteiger partial charge on any atom is 0.129 e. The van der Waals surface area contributed by atoms with Gasteiger partial charge in [-0.15, -0.1) is 0 Å². The minimum absolute atomic E-state index is 0.279. The van der Waals surface area contributed by atoms with E-state index in [1.54, 1.807) is 24.5 Å². The second-order valence-electron chi connectivity index (χ2n) is 4.42. The van der Waals surface area contributed by atoms with Crippen LogP contribution in [0.3, 0.4) is 0 Å². The second kappa shape index (κ2) is 4.82. The van der Waals surface area contributed by atoms with Gasteiger partial charge in [-0.25, -0.2) is 9.37 Å². The van der Waals surface area contributed by atoms with Crippen LogP contribution in [-0.4, -0.2) is 14.7 Å². The normalized spacial score (nSPS) is 12.7. The van der Waals surface area contributed by atoms with Crippen molar-refractivity contribution in [2.75, 3.05) is 0 Å². The minimum Gasteiger partial charge on any atom is -0.386 e. The Hall–Kier alpha value is -2.20. The Bertz CT molecular complexity index is 708. The average Bonchev–Trinajstić information content (AvgIpc) is 2.83. The lowest BCUT2D eigenvalue weighted by Gasteiger charge is -2.13. The van der Waals surface area contributed by atoms with Gasteiger partial charge < -0.3 is 9.67 Å². The highest BCUT2D eigenvalue weighted by Gasteiger charge is 2.13. The monoisotopic (exact) mass is 256 g/mol. The van der Waals surface area contributed by atoms with Crippen LogP contribution in [0.25, 0.3) is 11.0 Å². The van der Waals surface area contributed by atoms with Crippen LogP contribution in [-0.2, 0) is 6.54 Å². The van der Waals surface area contributed by atoms with Gasteiger partial charge in [-0.2, -0.15) is 0 Å². The molecule has 0 spiro atoms. The van der Waals surface area contributed by atoms with Gasteiger partial charge in [0.05, 0.1) is 30.0 Å². The molecule has 0 aliphatic rings. The molecular formula is C15H13FN2O. The molecule has 1 heterocycles. The number of aliphatic hydroxyl groups is 1. The first kappa shape index (κ1) is 11.9. The fourth-order valence-electron chi connectivity index (χ4n) is 2.19. The summed E-state index contributed by atoms with van der Waals surface area (Å²) in [5.74, 6) is -0.389. The highest BCUT2D eigenvalue weighted by Crippen LogP contribution is 2.20. The number of imidazole rings is 1. The number of aliphatic hydroxyl groups excluding tert-OH is 1. The Morgan fingerprint density at radius 3 is 2.68 bits per heavy atom. The summed E-state index contributed by atoms with van der Waals surface area (Å²) in [5.41, 5.74) is 2.10. The van der Waals surface area contributed by atoms with Crippen molar-refractivity contribution in [1.29, 1.82) is 0 Å². The zero-order chi connectivity index (χ0) is 13.2. The smallest absolute Gasteiger partial charge is 0.129 e. The molecule has 1 atom stereocenters. The van der Waals surface area contributed by atoms with E-state index in [2.05, 4.69) is 4.98 Å². The third-order valence-electron chi connectivity index (χ3n) is 3.16. The van der Waals surface area contributed by atoms with E-state index < -0.39 is 6.10 Å². The number of hydrogen-bond donors (Lipinski definition) is 1. The average molecular weight is 256 g/mol. The first-order valence-corrected chi connectivity index (χ1v) is 6.08. The number of halogens is 1. The first-order chi connectivity index (χ1) is 9.25. The fraction of sp³-hybridized carbons (Fsp3) is 0.133. The maximum atomic E-state index is 13.6. The molecule has 0 bridgehead atoms. The lowest BCUT2D eigenvalue weighted by atomic mass is 10.1. The molecule has 0 aliphatic carbocycles. The van der Waals surface area contributed by atoms with Gasteiger partial charge in [0.1, 0.15) is 5.82 Å². The van der Waals surface area contributed by atoms with Crippen molar-refractivity contribution in [3.63, 3.8) is 0 Å². The molecule has 1 N–H and O–H groups in total. The Kier molecular flexibility index (Phi) is 3.01. The van der Waals surface area contributed by atoms with E-state index in [9.17, 15) is 9.50 Å². The van der Waals surface area contributed by atoms with Gasteiger partial charge >= 0.3 is 0 Å². The Morgan fingerprint density at radius 2 is 1.84 bits per heavy atom. The summed E-state index contributed by atoms with van der Waals surface area (Å²) in [7, 11) is 0. The molecule has 0 amide bonds. The molecule has 0 aliphatic heterocycles. The standard InChI is InChI=1S/C15H13FN2O/c16-12-6-2-1-5-11(12)15(19)9-18-10-17-13-7-3-4-8-14(13)18/h1-8,10,15,19H,9H2. The summed E-state index contributed by atoms with van der Waals surface area (Å²) in [4.78, 5) is 4.25. The van der Waals surface area contributed by atoms with Gasteiger partial charge in [-0.05, 0) is 18.2 Å². The van der Waals surface area contributed by atoms with E-state index in [1.165, 1.54) is 6.07 Å². The highest BCUT2D eigenvalue weighted by atomic mass is 19.1. The van der Waals surface area contributed by atoms with Crippen LogP contribution >= 0.6 is 0 Å². The SMILES string of the molecule is OC(Cn1cnc2ccccc21)c1ccccc1F. The number of aromatic nitrogens is 2. The largest absolute Gasteiger partial charge is 0.386 e. The predicted octanol–water partition coefficient (Wildman–Crippen LogP) is 2.91. The van der Waals surface area contributed by atoms with Gasteiger partial charge in [0, 0.05) is 5.56 Å². The Balaban J connectivity index is 1.91. The van der Waals surface area contributed by atoms with Crippen molar-refractivity contribution >= 4 is 11.0 Å². The Morgan fingerprint density at radius 1 is 1.11 bits per heavy atom. The lowest BCUT2D eigenvalue weighted by Crippen LogP contribution is -2.09. The van der Waals surface area contributed by atoms with E-state index in [0.29, 0.717) is 5.56 Å². The highest BCUT2D eigenvalue weighted by molar-refractivity contribution is 5.74. The third-order valence-corrected chi connectivity index (χ3v) is 3.16. The van der Waals surface area contributed by atoms with Crippen LogP contribution in [0, 0.1) is 5.82 Å². The molecule has 1 aromatic heterocycles. The van der Waals surface area contributed by atoms with E-state index in [1.807, 2.05) is 28.8 Å². The van der Waals surface area contributed by atoms with Crippen LogP contribution in [0.1, 0.15) is 11.7 Å². The summed E-state index contributed by atoms with van der Waals surface area (Å²) < 4.78 is 15.4. The first-order valence-electron chi connectivity index (χ1n) is 6.08. The van der Waals surface area contributed by atoms with E-state index in [0.717, 1.165) is 11.0 Å². The van der Waals surface area contributed by atoms with Gasteiger partial charge in [-0.1, -0.05) is 30.3 Å². The second-order valence-corrected chi connectivity index (χ2v) is 4.42. The summed E-state index contributed by atoms with van der Waals surface area (Å²) in [6.45, 7) is 0.279. The van der Waals surface area contributed by atoms with Crippen LogP contribution in [0.5, 0.6) is 0 Å². The van der Waals surface area contributed by atoms with Crippen molar-refractivity contribution in [1.82, 2.24) is 9.55 Å². The molecule has 0 saturated heterocycles. The number of benzene rings is 2. The minimum atomic E-state index is -0.890. The van der Waals surface area contributed by atoms with Crippen molar-refractivity contribution in [2.24, 2.45) is 0 Å². The number of nitrogens with zero attached hydrogens (tertiary/aromatic N) is 2. The van der Waals surface area contributed by atoms with E-state index >= 15 is 0 Å². The quantitative estimate of drug-likeness (QED) is 0.782. The van der Waals surface area contributed by atoms with E-state index in [4.69, 9.17) is 0 Å². The Labute approximate surface area is 109 Å². The molecule has 19 heavy (non-hydrogen) atoms. The van der Waals surface area contributed by atoms with Crippen LogP contribution < -0.4 is 0 Å². The lowest BCUT2D eigenvalue weighted by molar-refractivity contribution is 0.153. The number of fused-ring (bicyclic) bond motifs is 1. The van der Waals surface area contributed by atoms with Crippen molar-refractivity contribution in [3.8, 4) is 0 Å². The van der Waals surface area contributed by atoms with Crippen molar-refractivity contribution in [2.45, 2.75) is 12.6 Å². The van der Waals surface area contributed by atoms with Gasteiger partial charge in [0.15, 0.2) is 0 Å². The number of para-hydroxylation sites is 2. The molecule has 3 rings (SSSR count). The molecule has 2 aromatic carbocycles. The summed E-state index contributed by atoms with van der Waals surface area (Å²) in [6, 6.07) is 13.9. The molecule has 4 heteroatoms. The van der Waals surface area contributed by atoms with Gasteiger partial charge in [-0.3, -0.25) is 0 Å². The maximum absolute atomic E-state index is 13.6. The number of hydrogen-bond acceptors (Lipinski definition) is 2.